The van der Waals surface area contributed by atoms with Crippen LogP contribution >= 0.6 is 0 Å². The Balaban J connectivity index is 1.29. The topological polar surface area (TPSA) is 78.8 Å². The van der Waals surface area contributed by atoms with Crippen LogP contribution in [0.4, 0.5) is 13.2 Å². The summed E-state index contributed by atoms with van der Waals surface area (Å²) < 4.78 is 73.1. The Hall–Kier alpha value is -4.26. The lowest BCUT2D eigenvalue weighted by Crippen LogP contribution is -2.48. The van der Waals surface area contributed by atoms with Crippen LogP contribution in [-0.2, 0) is 17.5 Å². The number of aryl methyl sites for hydroxylation is 1. The smallest absolute Gasteiger partial charge is 0.320 e. The van der Waals surface area contributed by atoms with Gasteiger partial charge in [-0.3, -0.25) is 4.90 Å². The first kappa shape index (κ1) is 40.9. The molecule has 2 aliphatic rings. The number of hydrogen-bond acceptors (Lipinski definition) is 8. The molecule has 0 bridgehead atoms. The number of aromatic nitrogens is 3. The Morgan fingerprint density at radius 2 is 1.61 bits per heavy atom. The molecular weight excluding hydrogens is 746 g/mol. The highest BCUT2D eigenvalue weighted by Gasteiger charge is 2.49. The van der Waals surface area contributed by atoms with E-state index in [1.165, 1.54) is 13.2 Å². The molecule has 57 heavy (non-hydrogen) atoms. The van der Waals surface area contributed by atoms with Gasteiger partial charge in [0.15, 0.2) is 14.1 Å². The monoisotopic (exact) mass is 800 g/mol. The van der Waals surface area contributed by atoms with Gasteiger partial charge in [-0.15, -0.1) is 0 Å². The number of pyridine rings is 1. The summed E-state index contributed by atoms with van der Waals surface area (Å²) in [4.78, 5) is 16.1. The summed E-state index contributed by atoms with van der Waals surface area (Å²) in [7, 11) is -0.675. The summed E-state index contributed by atoms with van der Waals surface area (Å²) >= 11 is 0. The summed E-state index contributed by atoms with van der Waals surface area (Å²) in [6.45, 7) is 15.4. The number of ether oxygens (including phenoxy) is 3. The van der Waals surface area contributed by atoms with Crippen LogP contribution in [0.15, 0.2) is 60.7 Å². The van der Waals surface area contributed by atoms with Crippen LogP contribution in [0.1, 0.15) is 78.4 Å². The minimum Gasteiger partial charge on any atom is -0.480 e. The number of rotatable bonds is 16. The summed E-state index contributed by atoms with van der Waals surface area (Å²) in [6, 6.07) is 18.1. The van der Waals surface area contributed by atoms with Gasteiger partial charge in [0.25, 0.3) is 0 Å². The number of methoxy groups -OCH3 is 1. The van der Waals surface area contributed by atoms with E-state index in [1.54, 1.807) is 12.1 Å². The molecule has 2 saturated heterocycles. The van der Waals surface area contributed by atoms with Crippen molar-refractivity contribution in [3.8, 4) is 29.0 Å². The van der Waals surface area contributed by atoms with Crippen molar-refractivity contribution in [1.82, 2.24) is 19.9 Å². The Morgan fingerprint density at radius 1 is 0.860 bits per heavy atom. The van der Waals surface area contributed by atoms with Gasteiger partial charge in [0.05, 0.1) is 12.6 Å². The van der Waals surface area contributed by atoms with E-state index in [1.807, 2.05) is 42.5 Å². The molecule has 3 aromatic carbocycles. The highest BCUT2D eigenvalue weighted by molar-refractivity contribution is 6.77. The maximum Gasteiger partial charge on any atom is 0.320 e. The SMILES string of the molecule is COc1nc(-c2cccc3ccc(F)c(CCCO[Si](C(C)C)(C(C)C)C(C)C)c23)c(F)c2nc(OC[C@@]34CCCN3C[C@H](F)C4)nc(OCc3ccccc3)c12. The summed E-state index contributed by atoms with van der Waals surface area (Å²) in [5.41, 5.74) is 2.40. The molecule has 0 aliphatic carbocycles. The lowest BCUT2D eigenvalue weighted by Gasteiger charge is -2.42. The maximum absolute atomic E-state index is 17.3. The van der Waals surface area contributed by atoms with Crippen LogP contribution in [0.25, 0.3) is 32.9 Å². The van der Waals surface area contributed by atoms with Gasteiger partial charge in [0, 0.05) is 25.1 Å². The van der Waals surface area contributed by atoms with Crippen molar-refractivity contribution in [3.05, 3.63) is 83.4 Å². The van der Waals surface area contributed by atoms with E-state index in [9.17, 15) is 4.39 Å². The third kappa shape index (κ3) is 7.84. The van der Waals surface area contributed by atoms with Crippen molar-refractivity contribution < 1.29 is 31.8 Å². The molecule has 0 unspecified atom stereocenters. The molecule has 0 amide bonds. The molecule has 2 aliphatic heterocycles. The minimum atomic E-state index is -2.12. The number of benzene rings is 3. The molecule has 0 spiro atoms. The van der Waals surface area contributed by atoms with E-state index in [4.69, 9.17) is 23.6 Å². The van der Waals surface area contributed by atoms with Crippen molar-refractivity contribution in [2.45, 2.75) is 109 Å². The van der Waals surface area contributed by atoms with E-state index in [0.717, 1.165) is 30.3 Å². The molecule has 0 N–H and O–H groups in total. The average Bonchev–Trinajstić information content (AvgIpc) is 3.72. The summed E-state index contributed by atoms with van der Waals surface area (Å²) in [5, 5.41) is 1.46. The lowest BCUT2D eigenvalue weighted by molar-refractivity contribution is 0.106. The normalized spacial score (nSPS) is 18.7. The maximum atomic E-state index is 17.3. The predicted octanol–water partition coefficient (Wildman–Crippen LogP) is 10.8. The zero-order valence-corrected chi connectivity index (χ0v) is 35.2. The zero-order chi connectivity index (χ0) is 40.5. The van der Waals surface area contributed by atoms with Crippen molar-refractivity contribution in [2.75, 3.05) is 33.4 Å². The number of alkyl halides is 1. The second-order valence-electron chi connectivity index (χ2n) is 16.7. The van der Waals surface area contributed by atoms with Crippen molar-refractivity contribution >= 4 is 30.0 Å². The van der Waals surface area contributed by atoms with Crippen LogP contribution in [-0.4, -0.2) is 73.3 Å². The fourth-order valence-electron chi connectivity index (χ4n) is 9.83. The van der Waals surface area contributed by atoms with Crippen LogP contribution in [0.3, 0.4) is 0 Å². The first-order chi connectivity index (χ1) is 27.4. The van der Waals surface area contributed by atoms with Gasteiger partial charge < -0.3 is 18.6 Å². The molecular formula is C45H55F3N4O4Si. The van der Waals surface area contributed by atoms with Crippen LogP contribution in [0.5, 0.6) is 17.8 Å². The molecule has 0 radical (unpaired) electrons. The van der Waals surface area contributed by atoms with Gasteiger partial charge in [0.2, 0.25) is 11.8 Å². The van der Waals surface area contributed by atoms with E-state index >= 15 is 8.78 Å². The highest BCUT2D eigenvalue weighted by Crippen LogP contribution is 2.44. The van der Waals surface area contributed by atoms with Gasteiger partial charge in [-0.05, 0) is 76.8 Å². The van der Waals surface area contributed by atoms with E-state index in [0.29, 0.717) is 65.6 Å². The first-order valence-corrected chi connectivity index (χ1v) is 22.5. The number of halogens is 3. The van der Waals surface area contributed by atoms with Crippen molar-refractivity contribution in [1.29, 1.82) is 0 Å². The van der Waals surface area contributed by atoms with E-state index < -0.39 is 25.8 Å². The third-order valence-corrected chi connectivity index (χ3v) is 18.4. The summed E-state index contributed by atoms with van der Waals surface area (Å²) in [6.07, 6.45) is 2.14. The van der Waals surface area contributed by atoms with E-state index in [2.05, 4.69) is 56.4 Å². The number of hydrogen-bond donors (Lipinski definition) is 0. The van der Waals surface area contributed by atoms with Crippen molar-refractivity contribution in [3.63, 3.8) is 0 Å². The molecule has 304 valence electrons. The standard InChI is InChI=1S/C45H55F3N4O4Si/c1-28(2)57(29(3)4,30(5)6)56-23-12-18-34-36(47)20-19-32-16-11-17-35(37(32)34)40-39(48)41-38(42(49-40)53-7)43(54-26-31-14-9-8-10-15-31)51-44(50-41)55-27-45-21-13-22-52(45)25-33(46)24-45/h8-11,14-17,19-20,28-30,33H,12-13,18,21-27H2,1-7H3/t33-,45+/m1/s1. The Bertz CT molecular complexity index is 2190. The number of fused-ring (bicyclic) bond motifs is 3. The fourth-order valence-corrected chi connectivity index (χ4v) is 15.3. The minimum absolute atomic E-state index is 0.0395. The largest absolute Gasteiger partial charge is 0.480 e. The summed E-state index contributed by atoms with van der Waals surface area (Å²) in [5.74, 6) is -1.04. The Labute approximate surface area is 335 Å². The first-order valence-electron chi connectivity index (χ1n) is 20.4. The van der Waals surface area contributed by atoms with Crippen LogP contribution < -0.4 is 14.2 Å². The molecule has 2 atom stereocenters. The third-order valence-electron chi connectivity index (χ3n) is 12.3. The average molecular weight is 801 g/mol. The Morgan fingerprint density at radius 3 is 2.33 bits per heavy atom. The molecule has 4 heterocycles. The molecule has 8 nitrogen and oxygen atoms in total. The quantitative estimate of drug-likeness (QED) is 0.0721. The second-order valence-corrected chi connectivity index (χ2v) is 22.1. The van der Waals surface area contributed by atoms with Gasteiger partial charge in [-0.25, -0.2) is 18.2 Å². The zero-order valence-electron chi connectivity index (χ0n) is 34.2. The van der Waals surface area contributed by atoms with Gasteiger partial charge in [-0.1, -0.05) is 96.1 Å². The molecule has 0 saturated carbocycles. The predicted molar refractivity (Wildman–Crippen MR) is 221 cm³/mol. The molecule has 12 heteroatoms. The molecule has 5 aromatic rings. The van der Waals surface area contributed by atoms with Crippen LogP contribution in [0, 0.1) is 11.6 Å². The lowest BCUT2D eigenvalue weighted by atomic mass is 9.94. The second kappa shape index (κ2) is 16.9. The van der Waals surface area contributed by atoms with E-state index in [-0.39, 0.29) is 53.4 Å². The van der Waals surface area contributed by atoms with Crippen LogP contribution in [0.2, 0.25) is 16.6 Å². The van der Waals surface area contributed by atoms with Gasteiger partial charge in [0.1, 0.15) is 41.8 Å². The molecule has 2 aromatic heterocycles. The van der Waals surface area contributed by atoms with Gasteiger partial charge >= 0.3 is 6.01 Å². The Kier molecular flexibility index (Phi) is 12.1. The fraction of sp³-hybridized carbons (Fsp3) is 0.489. The van der Waals surface area contributed by atoms with Crippen molar-refractivity contribution in [2.24, 2.45) is 0 Å². The molecule has 7 rings (SSSR count). The highest BCUT2D eigenvalue weighted by atomic mass is 28.4. The number of nitrogens with zero attached hydrogens (tertiary/aromatic N) is 4. The van der Waals surface area contributed by atoms with Gasteiger partial charge in [-0.2, -0.15) is 9.97 Å². The molecule has 2 fully saturated rings.